The minimum atomic E-state index is -4.49. The average Bonchev–Trinajstić information content (AvgIpc) is 3.18. The maximum absolute atomic E-state index is 13.2. The lowest BCUT2D eigenvalue weighted by atomic mass is 9.93. The third-order valence-electron chi connectivity index (χ3n) is 5.28. The average molecular weight is 409 g/mol. The van der Waals surface area contributed by atoms with Crippen LogP contribution in [0.2, 0.25) is 0 Å². The van der Waals surface area contributed by atoms with E-state index in [1.54, 1.807) is 6.26 Å². The number of carbonyl (C=O) groups excluding carboxylic acids is 1. The van der Waals surface area contributed by atoms with E-state index in [0.29, 0.717) is 32.0 Å². The number of furan rings is 1. The molecule has 1 aliphatic carbocycles. The van der Waals surface area contributed by atoms with Crippen LogP contribution in [0.1, 0.15) is 35.8 Å². The summed E-state index contributed by atoms with van der Waals surface area (Å²) in [5, 5.41) is 5.49. The first-order chi connectivity index (χ1) is 13.9. The van der Waals surface area contributed by atoms with Gasteiger partial charge in [-0.05, 0) is 37.1 Å². The number of amides is 2. The van der Waals surface area contributed by atoms with Crippen molar-refractivity contribution in [2.45, 2.75) is 31.5 Å². The molecule has 2 aliphatic rings. The highest BCUT2D eigenvalue weighted by Gasteiger charge is 2.32. The molecular weight excluding hydrogens is 387 g/mol. The van der Waals surface area contributed by atoms with Crippen molar-refractivity contribution in [2.24, 2.45) is 0 Å². The van der Waals surface area contributed by atoms with E-state index in [1.165, 1.54) is 6.07 Å². The number of urea groups is 1. The minimum Gasteiger partial charge on any atom is -0.469 e. The normalized spacial score (nSPS) is 19.6. The highest BCUT2D eigenvalue weighted by molar-refractivity contribution is 5.93. The van der Waals surface area contributed by atoms with E-state index in [2.05, 4.69) is 10.6 Å². The predicted octanol–water partition coefficient (Wildman–Crippen LogP) is 4.33. The van der Waals surface area contributed by atoms with Gasteiger partial charge in [0.1, 0.15) is 5.76 Å². The van der Waals surface area contributed by atoms with Gasteiger partial charge in [-0.2, -0.15) is 13.2 Å². The van der Waals surface area contributed by atoms with Crippen LogP contribution in [0, 0.1) is 0 Å². The topological polar surface area (TPSA) is 66.7 Å². The predicted molar refractivity (Wildman–Crippen MR) is 101 cm³/mol. The molecule has 2 N–H and O–H groups in total. The summed E-state index contributed by atoms with van der Waals surface area (Å²) in [5.41, 5.74) is 0.787. The van der Waals surface area contributed by atoms with Gasteiger partial charge in [0.2, 0.25) is 0 Å². The Kier molecular flexibility index (Phi) is 5.40. The SMILES string of the molecule is O=C(Nc1cc(C(F)(F)F)ccc1N1CCOCC1)NC1CCCc2occc21. The third-order valence-corrected chi connectivity index (χ3v) is 5.28. The number of hydrogen-bond acceptors (Lipinski definition) is 4. The van der Waals surface area contributed by atoms with E-state index in [0.717, 1.165) is 42.7 Å². The van der Waals surface area contributed by atoms with Crippen molar-refractivity contribution in [3.05, 3.63) is 47.4 Å². The molecule has 29 heavy (non-hydrogen) atoms. The number of hydrogen-bond donors (Lipinski definition) is 2. The van der Waals surface area contributed by atoms with Gasteiger partial charge in [0.15, 0.2) is 0 Å². The zero-order chi connectivity index (χ0) is 20.4. The molecule has 2 heterocycles. The lowest BCUT2D eigenvalue weighted by Crippen LogP contribution is -2.38. The van der Waals surface area contributed by atoms with Gasteiger partial charge in [-0.25, -0.2) is 4.79 Å². The highest BCUT2D eigenvalue weighted by Crippen LogP contribution is 2.36. The zero-order valence-electron chi connectivity index (χ0n) is 15.7. The molecular formula is C20H22F3N3O3. The van der Waals surface area contributed by atoms with Gasteiger partial charge in [-0.15, -0.1) is 0 Å². The first-order valence-electron chi connectivity index (χ1n) is 9.59. The molecule has 0 spiro atoms. The van der Waals surface area contributed by atoms with Gasteiger partial charge < -0.3 is 24.7 Å². The fourth-order valence-electron chi connectivity index (χ4n) is 3.85. The summed E-state index contributed by atoms with van der Waals surface area (Å²) < 4.78 is 50.4. The van der Waals surface area contributed by atoms with Crippen molar-refractivity contribution in [1.82, 2.24) is 5.32 Å². The molecule has 1 atom stereocenters. The second-order valence-corrected chi connectivity index (χ2v) is 7.17. The van der Waals surface area contributed by atoms with Crippen molar-refractivity contribution in [3.8, 4) is 0 Å². The molecule has 4 rings (SSSR count). The molecule has 1 unspecified atom stereocenters. The van der Waals surface area contributed by atoms with Crippen LogP contribution < -0.4 is 15.5 Å². The van der Waals surface area contributed by atoms with Crippen molar-refractivity contribution >= 4 is 17.4 Å². The Hall–Kier alpha value is -2.68. The molecule has 0 saturated carbocycles. The van der Waals surface area contributed by atoms with E-state index < -0.39 is 17.8 Å². The quantitative estimate of drug-likeness (QED) is 0.792. The number of aryl methyl sites for hydroxylation is 1. The summed E-state index contributed by atoms with van der Waals surface area (Å²) in [7, 11) is 0. The number of halogens is 3. The Morgan fingerprint density at radius 2 is 1.97 bits per heavy atom. The Morgan fingerprint density at radius 1 is 1.17 bits per heavy atom. The molecule has 2 amide bonds. The fourth-order valence-corrected chi connectivity index (χ4v) is 3.85. The van der Waals surface area contributed by atoms with Crippen LogP contribution in [-0.2, 0) is 17.3 Å². The monoisotopic (exact) mass is 409 g/mol. The minimum absolute atomic E-state index is 0.127. The van der Waals surface area contributed by atoms with Crippen LogP contribution in [0.25, 0.3) is 0 Å². The standard InChI is InChI=1S/C20H22F3N3O3/c21-20(22,23)13-4-5-17(26-7-10-28-11-8-26)16(12-13)25-19(27)24-15-2-1-3-18-14(15)6-9-29-18/h4-6,9,12,15H,1-3,7-8,10-11H2,(H2,24,25,27). The molecule has 156 valence electrons. The van der Waals surface area contributed by atoms with Crippen LogP contribution >= 0.6 is 0 Å². The van der Waals surface area contributed by atoms with Gasteiger partial charge in [0, 0.05) is 25.1 Å². The lowest BCUT2D eigenvalue weighted by molar-refractivity contribution is -0.137. The first kappa shape index (κ1) is 19.6. The van der Waals surface area contributed by atoms with Gasteiger partial charge in [0.25, 0.3) is 0 Å². The van der Waals surface area contributed by atoms with Gasteiger partial charge in [0.05, 0.1) is 42.5 Å². The maximum Gasteiger partial charge on any atom is 0.416 e. The third kappa shape index (κ3) is 4.34. The van der Waals surface area contributed by atoms with E-state index >= 15 is 0 Å². The number of ether oxygens (including phenoxy) is 1. The van der Waals surface area contributed by atoms with Gasteiger partial charge in [-0.1, -0.05) is 0 Å². The first-order valence-corrected chi connectivity index (χ1v) is 9.59. The van der Waals surface area contributed by atoms with Crippen LogP contribution in [0.4, 0.5) is 29.3 Å². The molecule has 1 aliphatic heterocycles. The Balaban J connectivity index is 1.55. The van der Waals surface area contributed by atoms with Crippen LogP contribution in [0.3, 0.4) is 0 Å². The summed E-state index contributed by atoms with van der Waals surface area (Å²) in [6.07, 6.45) is -0.471. The van der Waals surface area contributed by atoms with Gasteiger partial charge >= 0.3 is 12.2 Å². The van der Waals surface area contributed by atoms with E-state index in [-0.39, 0.29) is 11.7 Å². The largest absolute Gasteiger partial charge is 0.469 e. The Morgan fingerprint density at radius 3 is 2.72 bits per heavy atom. The van der Waals surface area contributed by atoms with Crippen molar-refractivity contribution < 1.29 is 27.1 Å². The Bertz CT molecular complexity index is 875. The van der Waals surface area contributed by atoms with Crippen LogP contribution in [0.5, 0.6) is 0 Å². The molecule has 1 aromatic carbocycles. The van der Waals surface area contributed by atoms with E-state index in [1.807, 2.05) is 11.0 Å². The number of anilines is 2. The number of nitrogens with one attached hydrogen (secondary N) is 2. The number of nitrogens with zero attached hydrogens (tertiary/aromatic N) is 1. The summed E-state index contributed by atoms with van der Waals surface area (Å²) in [5.74, 6) is 0.842. The highest BCUT2D eigenvalue weighted by atomic mass is 19.4. The zero-order valence-corrected chi connectivity index (χ0v) is 15.7. The van der Waals surface area contributed by atoms with Crippen molar-refractivity contribution in [2.75, 3.05) is 36.5 Å². The van der Waals surface area contributed by atoms with E-state index in [4.69, 9.17) is 9.15 Å². The van der Waals surface area contributed by atoms with Crippen molar-refractivity contribution in [3.63, 3.8) is 0 Å². The molecule has 1 saturated heterocycles. The molecule has 1 aromatic heterocycles. The number of carbonyl (C=O) groups is 1. The number of alkyl halides is 3. The summed E-state index contributed by atoms with van der Waals surface area (Å²) in [6, 6.07) is 4.47. The fraction of sp³-hybridized carbons (Fsp3) is 0.450. The molecule has 0 radical (unpaired) electrons. The van der Waals surface area contributed by atoms with E-state index in [9.17, 15) is 18.0 Å². The second-order valence-electron chi connectivity index (χ2n) is 7.17. The maximum atomic E-state index is 13.2. The number of rotatable bonds is 3. The Labute approximate surface area is 166 Å². The van der Waals surface area contributed by atoms with Crippen LogP contribution in [0.15, 0.2) is 34.9 Å². The molecule has 6 nitrogen and oxygen atoms in total. The summed E-state index contributed by atoms with van der Waals surface area (Å²) in [4.78, 5) is 14.5. The summed E-state index contributed by atoms with van der Waals surface area (Å²) in [6.45, 7) is 2.06. The smallest absolute Gasteiger partial charge is 0.416 e. The number of fused-ring (bicyclic) bond motifs is 1. The molecule has 0 bridgehead atoms. The van der Waals surface area contributed by atoms with Crippen molar-refractivity contribution in [1.29, 1.82) is 0 Å². The second kappa shape index (κ2) is 7.98. The molecule has 1 fully saturated rings. The number of morpholine rings is 1. The molecule has 9 heteroatoms. The molecule has 2 aromatic rings. The van der Waals surface area contributed by atoms with Crippen LogP contribution in [-0.4, -0.2) is 32.3 Å². The lowest BCUT2D eigenvalue weighted by Gasteiger charge is -2.31. The van der Waals surface area contributed by atoms with Gasteiger partial charge in [-0.3, -0.25) is 0 Å². The number of benzene rings is 1. The summed E-state index contributed by atoms with van der Waals surface area (Å²) >= 11 is 0.